The number of hydrogen-bond donors (Lipinski definition) is 1. The standard InChI is InChI=1S/C13H16BrFN2O/c14-11-4-1-3-10(13(11)15)12(18)9-17-7-2-5-16-6-8-17/h1,3-4,16H,2,5-9H2. The van der Waals surface area contributed by atoms with Gasteiger partial charge in [-0.25, -0.2) is 4.39 Å². The van der Waals surface area contributed by atoms with Crippen LogP contribution < -0.4 is 5.32 Å². The van der Waals surface area contributed by atoms with E-state index in [4.69, 9.17) is 0 Å². The van der Waals surface area contributed by atoms with Gasteiger partial charge in [-0.05, 0) is 47.6 Å². The van der Waals surface area contributed by atoms with E-state index in [1.165, 1.54) is 0 Å². The fourth-order valence-electron chi connectivity index (χ4n) is 2.07. The third kappa shape index (κ3) is 3.37. The van der Waals surface area contributed by atoms with Crippen molar-refractivity contribution in [3.05, 3.63) is 34.1 Å². The Morgan fingerprint density at radius 3 is 3.06 bits per heavy atom. The van der Waals surface area contributed by atoms with Crippen LogP contribution in [0.3, 0.4) is 0 Å². The van der Waals surface area contributed by atoms with Crippen LogP contribution in [0, 0.1) is 5.82 Å². The van der Waals surface area contributed by atoms with Crippen LogP contribution in [-0.2, 0) is 0 Å². The molecule has 0 atom stereocenters. The minimum absolute atomic E-state index is 0.157. The first-order valence-electron chi connectivity index (χ1n) is 6.09. The Balaban J connectivity index is 2.04. The fourth-order valence-corrected chi connectivity index (χ4v) is 2.43. The summed E-state index contributed by atoms with van der Waals surface area (Å²) in [5.41, 5.74) is 0.168. The topological polar surface area (TPSA) is 32.3 Å². The van der Waals surface area contributed by atoms with E-state index in [0.717, 1.165) is 32.6 Å². The summed E-state index contributed by atoms with van der Waals surface area (Å²) >= 11 is 3.10. The maximum atomic E-state index is 13.8. The Hall–Kier alpha value is -0.780. The first-order valence-corrected chi connectivity index (χ1v) is 6.88. The zero-order chi connectivity index (χ0) is 13.0. The van der Waals surface area contributed by atoms with Crippen molar-refractivity contribution in [1.82, 2.24) is 10.2 Å². The minimum atomic E-state index is -0.463. The van der Waals surface area contributed by atoms with Gasteiger partial charge in [0, 0.05) is 13.1 Å². The van der Waals surface area contributed by atoms with Gasteiger partial charge >= 0.3 is 0 Å². The summed E-state index contributed by atoms with van der Waals surface area (Å²) in [6.45, 7) is 3.87. The van der Waals surface area contributed by atoms with Gasteiger partial charge in [0.2, 0.25) is 0 Å². The van der Waals surface area contributed by atoms with E-state index in [-0.39, 0.29) is 17.9 Å². The molecule has 0 amide bonds. The van der Waals surface area contributed by atoms with Crippen molar-refractivity contribution >= 4 is 21.7 Å². The molecule has 0 radical (unpaired) electrons. The highest BCUT2D eigenvalue weighted by atomic mass is 79.9. The van der Waals surface area contributed by atoms with Gasteiger partial charge in [-0.1, -0.05) is 6.07 Å². The molecular formula is C13H16BrFN2O. The molecule has 0 aliphatic carbocycles. The molecule has 1 aromatic carbocycles. The molecule has 1 heterocycles. The second kappa shape index (κ2) is 6.41. The molecule has 0 unspecified atom stereocenters. The average molecular weight is 315 g/mol. The molecule has 1 saturated heterocycles. The van der Waals surface area contributed by atoms with Crippen molar-refractivity contribution in [2.24, 2.45) is 0 Å². The lowest BCUT2D eigenvalue weighted by Crippen LogP contribution is -2.33. The Kier molecular flexibility index (Phi) is 4.86. The monoisotopic (exact) mass is 314 g/mol. The summed E-state index contributed by atoms with van der Waals surface area (Å²) in [5.74, 6) is -0.619. The Bertz CT molecular complexity index is 431. The van der Waals surface area contributed by atoms with Gasteiger partial charge in [0.05, 0.1) is 16.6 Å². The average Bonchev–Trinajstić information content (AvgIpc) is 2.61. The van der Waals surface area contributed by atoms with Crippen LogP contribution in [0.5, 0.6) is 0 Å². The zero-order valence-electron chi connectivity index (χ0n) is 10.1. The third-order valence-electron chi connectivity index (χ3n) is 3.05. The molecule has 0 saturated carbocycles. The summed E-state index contributed by atoms with van der Waals surface area (Å²) in [6.07, 6.45) is 1.02. The van der Waals surface area contributed by atoms with Crippen LogP contribution >= 0.6 is 15.9 Å². The van der Waals surface area contributed by atoms with E-state index < -0.39 is 5.82 Å². The molecule has 1 aromatic rings. The molecular weight excluding hydrogens is 299 g/mol. The van der Waals surface area contributed by atoms with Crippen molar-refractivity contribution in [3.63, 3.8) is 0 Å². The molecule has 0 spiro atoms. The highest BCUT2D eigenvalue weighted by Gasteiger charge is 2.17. The van der Waals surface area contributed by atoms with Crippen molar-refractivity contribution in [3.8, 4) is 0 Å². The van der Waals surface area contributed by atoms with Gasteiger partial charge in [0.15, 0.2) is 5.78 Å². The summed E-state index contributed by atoms with van der Waals surface area (Å²) in [6, 6.07) is 4.82. The van der Waals surface area contributed by atoms with Gasteiger partial charge in [0.1, 0.15) is 5.82 Å². The number of rotatable bonds is 3. The van der Waals surface area contributed by atoms with Gasteiger partial charge in [0.25, 0.3) is 0 Å². The predicted molar refractivity (Wildman–Crippen MR) is 72.4 cm³/mol. The van der Waals surface area contributed by atoms with Crippen LogP contribution in [-0.4, -0.2) is 43.4 Å². The molecule has 1 N–H and O–H groups in total. The van der Waals surface area contributed by atoms with Gasteiger partial charge in [-0.15, -0.1) is 0 Å². The largest absolute Gasteiger partial charge is 0.315 e. The molecule has 0 bridgehead atoms. The van der Waals surface area contributed by atoms with Crippen LogP contribution in [0.4, 0.5) is 4.39 Å². The molecule has 1 aliphatic heterocycles. The highest BCUT2D eigenvalue weighted by Crippen LogP contribution is 2.19. The smallest absolute Gasteiger partial charge is 0.179 e. The third-order valence-corrected chi connectivity index (χ3v) is 3.66. The van der Waals surface area contributed by atoms with E-state index in [2.05, 4.69) is 26.1 Å². The van der Waals surface area contributed by atoms with E-state index in [1.54, 1.807) is 18.2 Å². The second-order valence-electron chi connectivity index (χ2n) is 4.40. The van der Waals surface area contributed by atoms with E-state index in [0.29, 0.717) is 4.47 Å². The molecule has 3 nitrogen and oxygen atoms in total. The molecule has 18 heavy (non-hydrogen) atoms. The maximum Gasteiger partial charge on any atom is 0.179 e. The number of Topliss-reactive ketones (excluding diaryl/α,β-unsaturated/α-hetero) is 1. The molecule has 98 valence electrons. The number of nitrogens with zero attached hydrogens (tertiary/aromatic N) is 1. The Labute approximate surface area is 114 Å². The number of carbonyl (C=O) groups is 1. The molecule has 0 aromatic heterocycles. The Morgan fingerprint density at radius 2 is 2.22 bits per heavy atom. The van der Waals surface area contributed by atoms with Gasteiger partial charge in [-0.2, -0.15) is 0 Å². The van der Waals surface area contributed by atoms with Crippen molar-refractivity contribution in [1.29, 1.82) is 0 Å². The zero-order valence-corrected chi connectivity index (χ0v) is 11.7. The van der Waals surface area contributed by atoms with Crippen LogP contribution in [0.25, 0.3) is 0 Å². The van der Waals surface area contributed by atoms with E-state index >= 15 is 0 Å². The summed E-state index contributed by atoms with van der Waals surface area (Å²) in [5, 5.41) is 3.28. The lowest BCUT2D eigenvalue weighted by atomic mass is 10.1. The number of ketones is 1. The second-order valence-corrected chi connectivity index (χ2v) is 5.26. The SMILES string of the molecule is O=C(CN1CCCNCC1)c1cccc(Br)c1F. The van der Waals surface area contributed by atoms with Gasteiger partial charge in [-0.3, -0.25) is 9.69 Å². The van der Waals surface area contributed by atoms with Crippen LogP contribution in [0.1, 0.15) is 16.8 Å². The number of carbonyl (C=O) groups excluding carboxylic acids is 1. The fraction of sp³-hybridized carbons (Fsp3) is 0.462. The van der Waals surface area contributed by atoms with Crippen molar-refractivity contribution in [2.75, 3.05) is 32.7 Å². The first kappa shape index (κ1) is 13.6. The normalized spacial score (nSPS) is 17.4. The van der Waals surface area contributed by atoms with Crippen LogP contribution in [0.15, 0.2) is 22.7 Å². The highest BCUT2D eigenvalue weighted by molar-refractivity contribution is 9.10. The van der Waals surface area contributed by atoms with Crippen molar-refractivity contribution in [2.45, 2.75) is 6.42 Å². The Morgan fingerprint density at radius 1 is 1.39 bits per heavy atom. The lowest BCUT2D eigenvalue weighted by molar-refractivity contribution is 0.0931. The quantitative estimate of drug-likeness (QED) is 0.867. The summed E-state index contributed by atoms with van der Waals surface area (Å²) in [4.78, 5) is 14.1. The van der Waals surface area contributed by atoms with Crippen molar-refractivity contribution < 1.29 is 9.18 Å². The first-order chi connectivity index (χ1) is 8.68. The lowest BCUT2D eigenvalue weighted by Gasteiger charge is -2.18. The molecule has 2 rings (SSSR count). The minimum Gasteiger partial charge on any atom is -0.315 e. The molecule has 1 aliphatic rings. The number of hydrogen-bond acceptors (Lipinski definition) is 3. The van der Waals surface area contributed by atoms with Crippen LogP contribution in [0.2, 0.25) is 0 Å². The predicted octanol–water partition coefficient (Wildman–Crippen LogP) is 2.07. The maximum absolute atomic E-state index is 13.8. The number of halogens is 2. The number of nitrogens with one attached hydrogen (secondary N) is 1. The number of benzene rings is 1. The summed E-state index contributed by atoms with van der Waals surface area (Å²) < 4.78 is 14.1. The van der Waals surface area contributed by atoms with E-state index in [1.807, 2.05) is 0 Å². The van der Waals surface area contributed by atoms with E-state index in [9.17, 15) is 9.18 Å². The summed E-state index contributed by atoms with van der Waals surface area (Å²) in [7, 11) is 0. The van der Waals surface area contributed by atoms with Gasteiger partial charge < -0.3 is 5.32 Å². The molecule has 5 heteroatoms. The molecule has 1 fully saturated rings.